The van der Waals surface area contributed by atoms with Crippen LogP contribution in [0.4, 0.5) is 0 Å². The highest BCUT2D eigenvalue weighted by Gasteiger charge is 2.42. The van der Waals surface area contributed by atoms with Crippen LogP contribution in [-0.2, 0) is 33.0 Å². The molecule has 0 saturated carbocycles. The molecule has 65 heavy (non-hydrogen) atoms. The number of pyridine rings is 1. The molecule has 0 unspecified atom stereocenters. The maximum Gasteiger partial charge on any atom is 0.347 e. The zero-order chi connectivity index (χ0) is 45.3. The Morgan fingerprint density at radius 3 is 2.26 bits per heavy atom. The number of aromatic amines is 1. The third-order valence-electron chi connectivity index (χ3n) is 12.2. The molecule has 8 rings (SSSR count). The van der Waals surface area contributed by atoms with Crippen LogP contribution in [0.1, 0.15) is 57.1 Å². The molecule has 6 N–H and O–H groups in total. The second-order valence-electron chi connectivity index (χ2n) is 16.8. The normalized spacial score (nSPS) is 16.0. The number of likely N-dealkylation sites (tertiary alicyclic amines) is 2. The number of carbonyl (C=O) groups excluding carboxylic acids is 3. The summed E-state index contributed by atoms with van der Waals surface area (Å²) >= 11 is 0. The molecule has 0 aliphatic carbocycles. The van der Waals surface area contributed by atoms with Crippen molar-refractivity contribution in [2.75, 3.05) is 45.9 Å². The van der Waals surface area contributed by atoms with E-state index in [9.17, 15) is 34.5 Å². The van der Waals surface area contributed by atoms with Crippen molar-refractivity contribution in [2.24, 2.45) is 5.92 Å². The lowest BCUT2D eigenvalue weighted by atomic mass is 9.86. The van der Waals surface area contributed by atoms with Gasteiger partial charge in [-0.2, -0.15) is 0 Å². The van der Waals surface area contributed by atoms with Crippen molar-refractivity contribution in [3.8, 4) is 11.5 Å². The number of phenols is 1. The summed E-state index contributed by atoms with van der Waals surface area (Å²) in [7, 11) is 0. The lowest BCUT2D eigenvalue weighted by molar-refractivity contribution is -0.164. The molecule has 2 amide bonds. The topological polar surface area (TPSA) is 194 Å². The molecule has 2 aliphatic heterocycles. The van der Waals surface area contributed by atoms with E-state index in [-0.39, 0.29) is 65.9 Å². The number of rotatable bonds is 17. The number of nitrogens with zero attached hydrogens (tertiary/aromatic N) is 2. The molecular formula is C51H53N5O9. The van der Waals surface area contributed by atoms with E-state index in [0.717, 1.165) is 38.0 Å². The summed E-state index contributed by atoms with van der Waals surface area (Å²) in [5.41, 5.74) is 1.60. The predicted octanol–water partition coefficient (Wildman–Crippen LogP) is 4.77. The van der Waals surface area contributed by atoms with Gasteiger partial charge in [0.15, 0.2) is 6.61 Å². The SMILES string of the molecule is O=C(NC1CN(C(=O)COc2cccc([C@](O)(C(=O)OCC3CCN(Cc4ccccc4)CC3)c3ccccc3)c2)C1)c1ccc(CNC[C@H](O)c2ccc(O)c3[nH]c(=O)ccc23)cc1. The molecule has 2 saturated heterocycles. The van der Waals surface area contributed by atoms with Gasteiger partial charge in [-0.25, -0.2) is 4.79 Å². The number of hydrogen-bond acceptors (Lipinski definition) is 11. The van der Waals surface area contributed by atoms with Crippen LogP contribution in [0.5, 0.6) is 11.5 Å². The van der Waals surface area contributed by atoms with Crippen molar-refractivity contribution in [1.82, 2.24) is 25.4 Å². The van der Waals surface area contributed by atoms with Gasteiger partial charge in [0.2, 0.25) is 11.2 Å². The number of carbonyl (C=O) groups is 3. The molecule has 0 radical (unpaired) electrons. The van der Waals surface area contributed by atoms with E-state index in [0.29, 0.717) is 47.5 Å². The van der Waals surface area contributed by atoms with E-state index in [1.54, 1.807) is 83.8 Å². The maximum atomic E-state index is 13.8. The number of fused-ring (bicyclic) bond motifs is 1. The Labute approximate surface area is 376 Å². The molecule has 3 heterocycles. The van der Waals surface area contributed by atoms with E-state index >= 15 is 0 Å². The molecule has 2 fully saturated rings. The summed E-state index contributed by atoms with van der Waals surface area (Å²) in [5.74, 6) is -0.922. The minimum absolute atomic E-state index is 0.0767. The summed E-state index contributed by atoms with van der Waals surface area (Å²) < 4.78 is 11.7. The van der Waals surface area contributed by atoms with Crippen LogP contribution in [0.15, 0.2) is 138 Å². The lowest BCUT2D eigenvalue weighted by Crippen LogP contribution is -2.61. The maximum absolute atomic E-state index is 13.8. The van der Waals surface area contributed by atoms with Crippen molar-refractivity contribution in [2.45, 2.75) is 43.7 Å². The first-order valence-corrected chi connectivity index (χ1v) is 21.9. The standard InChI is InChI=1S/C51H53N5O9/c57-44-20-18-42(43-19-21-46(59)54-48(43)44)45(58)28-52-27-34-14-16-37(17-15-34)49(61)53-40-30-56(31-40)47(60)33-64-41-13-7-12-39(26-41)51(63,38-10-5-2-6-11-38)50(62)65-32-36-22-24-55(25-23-36)29-35-8-3-1-4-9-35/h1-21,26,36,40,45,52,57-58,63H,22-25,27-33H2,(H,53,61)(H,54,59)/t45-,51-/m0/s1. The Morgan fingerprint density at radius 1 is 0.815 bits per heavy atom. The highest BCUT2D eigenvalue weighted by atomic mass is 16.5. The summed E-state index contributed by atoms with van der Waals surface area (Å²) in [4.78, 5) is 58.3. The molecule has 1 aromatic heterocycles. The number of aromatic hydroxyl groups is 1. The summed E-state index contributed by atoms with van der Waals surface area (Å²) in [5, 5.41) is 39.8. The number of ether oxygens (including phenoxy) is 2. The molecule has 2 atom stereocenters. The Balaban J connectivity index is 0.781. The van der Waals surface area contributed by atoms with Gasteiger partial charge in [-0.3, -0.25) is 19.3 Å². The highest BCUT2D eigenvalue weighted by molar-refractivity contribution is 5.94. The number of piperidine rings is 1. The molecule has 2 aliphatic rings. The number of H-pyrrole nitrogens is 1. The van der Waals surface area contributed by atoms with Crippen LogP contribution >= 0.6 is 0 Å². The van der Waals surface area contributed by atoms with Crippen molar-refractivity contribution in [1.29, 1.82) is 0 Å². The van der Waals surface area contributed by atoms with Crippen molar-refractivity contribution in [3.05, 3.63) is 177 Å². The van der Waals surface area contributed by atoms with E-state index in [2.05, 4.69) is 32.7 Å². The number of phenolic OH excluding ortho intramolecular Hbond substituents is 1. The van der Waals surface area contributed by atoms with Crippen LogP contribution < -0.4 is 20.9 Å². The highest BCUT2D eigenvalue weighted by Crippen LogP contribution is 2.34. The van der Waals surface area contributed by atoms with Gasteiger partial charge in [-0.05, 0) is 90.5 Å². The minimum atomic E-state index is -2.11. The summed E-state index contributed by atoms with van der Waals surface area (Å²) in [6, 6.07) is 38.3. The Kier molecular flexibility index (Phi) is 14.0. The van der Waals surface area contributed by atoms with Gasteiger partial charge >= 0.3 is 5.97 Å². The number of hydrogen-bond donors (Lipinski definition) is 6. The largest absolute Gasteiger partial charge is 0.506 e. The molecule has 14 heteroatoms. The number of benzene rings is 5. The van der Waals surface area contributed by atoms with Crippen LogP contribution in [-0.4, -0.2) is 99.9 Å². The fraction of sp³-hybridized carbons (Fsp3) is 0.294. The van der Waals surface area contributed by atoms with Crippen LogP contribution in [0.2, 0.25) is 0 Å². The smallest absolute Gasteiger partial charge is 0.347 e. The number of aliphatic hydroxyl groups excluding tert-OH is 1. The zero-order valence-electron chi connectivity index (χ0n) is 35.9. The van der Waals surface area contributed by atoms with Gasteiger partial charge in [0, 0.05) is 55.3 Å². The predicted molar refractivity (Wildman–Crippen MR) is 244 cm³/mol. The van der Waals surface area contributed by atoms with E-state index < -0.39 is 17.7 Å². The van der Waals surface area contributed by atoms with Crippen molar-refractivity contribution < 1.29 is 39.2 Å². The molecule has 6 aromatic rings. The third kappa shape index (κ3) is 10.8. The van der Waals surface area contributed by atoms with Gasteiger partial charge < -0.3 is 45.3 Å². The number of amides is 2. The van der Waals surface area contributed by atoms with Gasteiger partial charge in [0.25, 0.3) is 11.8 Å². The van der Waals surface area contributed by atoms with Gasteiger partial charge in [-0.15, -0.1) is 0 Å². The second kappa shape index (κ2) is 20.3. The molecule has 0 spiro atoms. The fourth-order valence-corrected chi connectivity index (χ4v) is 8.41. The quantitative estimate of drug-likeness (QED) is 0.0692. The van der Waals surface area contributed by atoms with Crippen LogP contribution in [0, 0.1) is 5.92 Å². The first kappa shape index (κ1) is 44.8. The zero-order valence-corrected chi connectivity index (χ0v) is 35.9. The molecular weight excluding hydrogens is 827 g/mol. The van der Waals surface area contributed by atoms with Gasteiger partial charge in [-0.1, -0.05) is 91.0 Å². The number of nitrogens with one attached hydrogen (secondary N) is 3. The summed E-state index contributed by atoms with van der Waals surface area (Å²) in [6.07, 6.45) is 0.853. The van der Waals surface area contributed by atoms with Crippen molar-refractivity contribution >= 4 is 28.7 Å². The molecule has 14 nitrogen and oxygen atoms in total. The van der Waals surface area contributed by atoms with Gasteiger partial charge in [0.1, 0.15) is 11.5 Å². The number of esters is 1. The first-order chi connectivity index (χ1) is 31.5. The third-order valence-corrected chi connectivity index (χ3v) is 12.2. The fourth-order valence-electron chi connectivity index (χ4n) is 8.41. The molecule has 5 aromatic carbocycles. The summed E-state index contributed by atoms with van der Waals surface area (Å²) in [6.45, 7) is 3.85. The van der Waals surface area contributed by atoms with Gasteiger partial charge in [0.05, 0.1) is 24.3 Å². The molecule has 336 valence electrons. The average Bonchev–Trinajstić information content (AvgIpc) is 3.32. The van der Waals surface area contributed by atoms with Crippen LogP contribution in [0.3, 0.4) is 0 Å². The Morgan fingerprint density at radius 2 is 1.52 bits per heavy atom. The Bertz CT molecular complexity index is 2650. The first-order valence-electron chi connectivity index (χ1n) is 21.9. The average molecular weight is 880 g/mol. The monoisotopic (exact) mass is 879 g/mol. The Hall–Kier alpha value is -6.84. The van der Waals surface area contributed by atoms with E-state index in [1.807, 2.05) is 30.3 Å². The van der Waals surface area contributed by atoms with E-state index in [4.69, 9.17) is 9.47 Å². The van der Waals surface area contributed by atoms with E-state index in [1.165, 1.54) is 17.7 Å². The van der Waals surface area contributed by atoms with Crippen LogP contribution in [0.25, 0.3) is 10.9 Å². The lowest BCUT2D eigenvalue weighted by Gasteiger charge is -2.39. The van der Waals surface area contributed by atoms with Crippen molar-refractivity contribution in [3.63, 3.8) is 0 Å². The number of aliphatic hydroxyl groups is 2. The minimum Gasteiger partial charge on any atom is -0.506 e. The molecule has 0 bridgehead atoms. The second-order valence-corrected chi connectivity index (χ2v) is 16.8. The number of aromatic nitrogens is 1.